The Morgan fingerprint density at radius 3 is 2.00 bits per heavy atom. The smallest absolute Gasteiger partial charge is 0.132 e. The van der Waals surface area contributed by atoms with Crippen molar-refractivity contribution in [2.45, 2.75) is 43.7 Å². The highest BCUT2D eigenvalue weighted by atomic mass is 32.2. The van der Waals surface area contributed by atoms with E-state index < -0.39 is 0 Å². The van der Waals surface area contributed by atoms with Crippen LogP contribution in [0.4, 0.5) is 0 Å². The fraction of sp³-hybridized carbons (Fsp3) is 1.00. The average Bonchev–Trinajstić information content (AvgIpc) is 2.28. The quantitative estimate of drug-likeness (QED) is 0.739. The molecule has 0 radical (unpaired) electrons. The molecule has 4 nitrogen and oxygen atoms in total. The highest BCUT2D eigenvalue weighted by Crippen LogP contribution is 2.32. The molecule has 1 heterocycles. The Kier molecular flexibility index (Phi) is 6.07. The molecule has 5 atom stereocenters. The molecule has 0 aromatic heterocycles. The Hall–Kier alpha value is 0.190. The second kappa shape index (κ2) is 6.81. The van der Waals surface area contributed by atoms with Gasteiger partial charge in [-0.05, 0) is 12.7 Å². The van der Waals surface area contributed by atoms with Crippen molar-refractivity contribution in [3.8, 4) is 0 Å². The third-order valence-electron chi connectivity index (χ3n) is 2.87. The van der Waals surface area contributed by atoms with Gasteiger partial charge in [-0.1, -0.05) is 6.92 Å². The van der Waals surface area contributed by atoms with Crippen molar-refractivity contribution in [2.75, 3.05) is 27.1 Å². The first-order chi connectivity index (χ1) is 7.69. The number of ether oxygens (including phenoxy) is 4. The predicted octanol–water partition coefficient (Wildman–Crippen LogP) is 1.53. The van der Waals surface area contributed by atoms with Crippen molar-refractivity contribution in [1.29, 1.82) is 0 Å². The summed E-state index contributed by atoms with van der Waals surface area (Å²) >= 11 is 1.74. The summed E-state index contributed by atoms with van der Waals surface area (Å²) < 4.78 is 22.3. The summed E-state index contributed by atoms with van der Waals surface area (Å²) in [5.74, 6) is 0.991. The van der Waals surface area contributed by atoms with Crippen LogP contribution in [0.25, 0.3) is 0 Å². The van der Waals surface area contributed by atoms with Gasteiger partial charge in [0.25, 0.3) is 0 Å². The van der Waals surface area contributed by atoms with Gasteiger partial charge < -0.3 is 18.9 Å². The van der Waals surface area contributed by atoms with Gasteiger partial charge in [-0.3, -0.25) is 0 Å². The van der Waals surface area contributed by atoms with E-state index >= 15 is 0 Å². The summed E-state index contributed by atoms with van der Waals surface area (Å²) in [5, 5.41) is 0. The fourth-order valence-corrected chi connectivity index (χ4v) is 3.15. The van der Waals surface area contributed by atoms with E-state index in [0.717, 1.165) is 5.75 Å². The van der Waals surface area contributed by atoms with Gasteiger partial charge >= 0.3 is 0 Å². The Bertz CT molecular complexity index is 202. The van der Waals surface area contributed by atoms with E-state index in [0.29, 0.717) is 0 Å². The summed E-state index contributed by atoms with van der Waals surface area (Å²) in [6, 6.07) is 0. The van der Waals surface area contributed by atoms with E-state index in [2.05, 4.69) is 6.92 Å². The maximum absolute atomic E-state index is 5.90. The Morgan fingerprint density at radius 2 is 1.56 bits per heavy atom. The number of rotatable bonds is 5. The molecule has 0 unspecified atom stereocenters. The standard InChI is InChI=1S/C11H22O4S/c1-6-16-11-10(14-5)9(13-4)8(12-3)7(2)15-11/h7-11H,6H2,1-5H3/t7-,8+,9+,10-,11+/m0/s1. The van der Waals surface area contributed by atoms with Crippen LogP contribution in [0.15, 0.2) is 0 Å². The zero-order chi connectivity index (χ0) is 12.1. The minimum Gasteiger partial charge on any atom is -0.376 e. The lowest BCUT2D eigenvalue weighted by Gasteiger charge is -2.43. The van der Waals surface area contributed by atoms with Crippen LogP contribution < -0.4 is 0 Å². The van der Waals surface area contributed by atoms with Crippen LogP contribution in [0.1, 0.15) is 13.8 Å². The lowest BCUT2D eigenvalue weighted by Crippen LogP contribution is -2.57. The number of methoxy groups -OCH3 is 3. The van der Waals surface area contributed by atoms with E-state index in [-0.39, 0.29) is 29.9 Å². The first-order valence-corrected chi connectivity index (χ1v) is 6.59. The molecule has 0 aliphatic carbocycles. The molecule has 1 fully saturated rings. The highest BCUT2D eigenvalue weighted by Gasteiger charge is 2.45. The van der Waals surface area contributed by atoms with Gasteiger partial charge in [0.05, 0.1) is 6.10 Å². The third kappa shape index (κ3) is 2.90. The van der Waals surface area contributed by atoms with Crippen LogP contribution in [-0.4, -0.2) is 56.9 Å². The zero-order valence-corrected chi connectivity index (χ0v) is 11.5. The maximum Gasteiger partial charge on any atom is 0.132 e. The summed E-state index contributed by atoms with van der Waals surface area (Å²) in [6.07, 6.45) is -0.229. The van der Waals surface area contributed by atoms with Gasteiger partial charge in [-0.2, -0.15) is 0 Å². The average molecular weight is 250 g/mol. The molecule has 1 saturated heterocycles. The molecule has 5 heteroatoms. The number of hydrogen-bond acceptors (Lipinski definition) is 5. The highest BCUT2D eigenvalue weighted by molar-refractivity contribution is 7.99. The SMILES string of the molecule is CCS[C@H]1O[C@@H](C)[C@@H](OC)[C@@H](OC)[C@@H]1OC. The fourth-order valence-electron chi connectivity index (χ4n) is 2.11. The largest absolute Gasteiger partial charge is 0.376 e. The summed E-state index contributed by atoms with van der Waals surface area (Å²) in [4.78, 5) is 0. The van der Waals surface area contributed by atoms with Crippen LogP contribution in [-0.2, 0) is 18.9 Å². The van der Waals surface area contributed by atoms with Crippen molar-refractivity contribution in [2.24, 2.45) is 0 Å². The second-order valence-corrected chi connectivity index (χ2v) is 5.14. The summed E-state index contributed by atoms with van der Waals surface area (Å²) in [7, 11) is 5.05. The molecular formula is C11H22O4S. The summed E-state index contributed by atoms with van der Waals surface area (Å²) in [5.41, 5.74) is 0.0151. The van der Waals surface area contributed by atoms with E-state index in [1.165, 1.54) is 0 Å². The lowest BCUT2D eigenvalue weighted by molar-refractivity contribution is -0.216. The lowest BCUT2D eigenvalue weighted by atomic mass is 10.0. The van der Waals surface area contributed by atoms with Gasteiger partial charge in [0, 0.05) is 21.3 Å². The molecule has 1 rings (SSSR count). The molecule has 0 N–H and O–H groups in total. The van der Waals surface area contributed by atoms with Gasteiger partial charge in [0.15, 0.2) is 0 Å². The van der Waals surface area contributed by atoms with Crippen LogP contribution in [0, 0.1) is 0 Å². The normalized spacial score (nSPS) is 39.9. The predicted molar refractivity (Wildman–Crippen MR) is 64.9 cm³/mol. The van der Waals surface area contributed by atoms with E-state index in [1.54, 1.807) is 33.1 Å². The van der Waals surface area contributed by atoms with Crippen LogP contribution in [0.3, 0.4) is 0 Å². The molecule has 96 valence electrons. The molecule has 0 saturated carbocycles. The van der Waals surface area contributed by atoms with E-state index in [4.69, 9.17) is 18.9 Å². The van der Waals surface area contributed by atoms with Crippen LogP contribution in [0.2, 0.25) is 0 Å². The molecule has 0 spiro atoms. The molecule has 0 bridgehead atoms. The van der Waals surface area contributed by atoms with Crippen molar-refractivity contribution in [3.63, 3.8) is 0 Å². The van der Waals surface area contributed by atoms with Crippen molar-refractivity contribution < 1.29 is 18.9 Å². The molecule has 0 aromatic rings. The monoisotopic (exact) mass is 250 g/mol. The van der Waals surface area contributed by atoms with E-state index in [9.17, 15) is 0 Å². The van der Waals surface area contributed by atoms with Crippen LogP contribution >= 0.6 is 11.8 Å². The Balaban J connectivity index is 2.78. The van der Waals surface area contributed by atoms with Crippen LogP contribution in [0.5, 0.6) is 0 Å². The second-order valence-electron chi connectivity index (χ2n) is 3.77. The third-order valence-corrected chi connectivity index (χ3v) is 3.92. The molecule has 16 heavy (non-hydrogen) atoms. The Labute approximate surface area is 102 Å². The van der Waals surface area contributed by atoms with Crippen molar-refractivity contribution in [1.82, 2.24) is 0 Å². The van der Waals surface area contributed by atoms with Crippen molar-refractivity contribution >= 4 is 11.8 Å². The first-order valence-electron chi connectivity index (χ1n) is 5.55. The van der Waals surface area contributed by atoms with E-state index in [1.807, 2.05) is 6.92 Å². The maximum atomic E-state index is 5.90. The van der Waals surface area contributed by atoms with Crippen molar-refractivity contribution in [3.05, 3.63) is 0 Å². The molecule has 0 aromatic carbocycles. The minimum absolute atomic E-state index is 0.0151. The van der Waals surface area contributed by atoms with Gasteiger partial charge in [0.1, 0.15) is 23.7 Å². The van der Waals surface area contributed by atoms with Gasteiger partial charge in [-0.25, -0.2) is 0 Å². The van der Waals surface area contributed by atoms with Gasteiger partial charge in [0.2, 0.25) is 0 Å². The van der Waals surface area contributed by atoms with Gasteiger partial charge in [-0.15, -0.1) is 11.8 Å². The summed E-state index contributed by atoms with van der Waals surface area (Å²) in [6.45, 7) is 4.12. The number of thioether (sulfide) groups is 1. The first kappa shape index (κ1) is 14.3. The zero-order valence-electron chi connectivity index (χ0n) is 10.6. The minimum atomic E-state index is -0.0869. The molecule has 1 aliphatic rings. The topological polar surface area (TPSA) is 36.9 Å². The molecule has 0 amide bonds. The molecule has 1 aliphatic heterocycles. The Morgan fingerprint density at radius 1 is 1.00 bits per heavy atom. The number of hydrogen-bond donors (Lipinski definition) is 0. The molecular weight excluding hydrogens is 228 g/mol.